The van der Waals surface area contributed by atoms with Crippen molar-refractivity contribution in [1.29, 1.82) is 0 Å². The van der Waals surface area contributed by atoms with Gasteiger partial charge in [0.1, 0.15) is 5.78 Å². The van der Waals surface area contributed by atoms with Crippen LogP contribution in [0, 0.1) is 23.2 Å². The monoisotopic (exact) mass is 178 g/mol. The highest BCUT2D eigenvalue weighted by molar-refractivity contribution is 5.84. The van der Waals surface area contributed by atoms with Gasteiger partial charge >= 0.3 is 0 Å². The van der Waals surface area contributed by atoms with Gasteiger partial charge in [0.05, 0.1) is 0 Å². The van der Waals surface area contributed by atoms with E-state index in [1.807, 2.05) is 6.92 Å². The first kappa shape index (κ1) is 8.02. The van der Waals surface area contributed by atoms with Gasteiger partial charge in [0.2, 0.25) is 0 Å². The Morgan fingerprint density at radius 2 is 1.23 bits per heavy atom. The molecule has 3 saturated carbocycles. The summed E-state index contributed by atoms with van der Waals surface area (Å²) in [5, 5.41) is 0. The zero-order valence-electron chi connectivity index (χ0n) is 8.38. The Bertz CT molecular complexity index is 213. The van der Waals surface area contributed by atoms with Crippen LogP contribution in [0.3, 0.4) is 0 Å². The molecule has 0 aromatic heterocycles. The van der Waals surface area contributed by atoms with Crippen LogP contribution in [0.4, 0.5) is 0 Å². The molecule has 0 radical (unpaired) electrons. The molecule has 13 heavy (non-hydrogen) atoms. The fourth-order valence-electron chi connectivity index (χ4n) is 3.55. The van der Waals surface area contributed by atoms with Crippen molar-refractivity contribution in [3.8, 4) is 0 Å². The number of hydrogen-bond acceptors (Lipinski definition) is 1. The molecule has 1 nitrogen and oxygen atoms in total. The second-order valence-electron chi connectivity index (χ2n) is 5.31. The summed E-state index contributed by atoms with van der Waals surface area (Å²) in [6.07, 6.45) is 8.04. The third-order valence-corrected chi connectivity index (χ3v) is 4.37. The maximum atomic E-state index is 11.9. The molecule has 0 aromatic carbocycles. The Morgan fingerprint density at radius 1 is 0.923 bits per heavy atom. The van der Waals surface area contributed by atoms with Gasteiger partial charge in [0, 0.05) is 5.41 Å². The SMILES string of the molecule is CC(=O)C(C1CC1)(C1CC1)C1CC1. The van der Waals surface area contributed by atoms with Crippen molar-refractivity contribution in [1.82, 2.24) is 0 Å². The summed E-state index contributed by atoms with van der Waals surface area (Å²) in [5.74, 6) is 2.92. The molecule has 3 aliphatic rings. The minimum atomic E-state index is 0.194. The minimum absolute atomic E-state index is 0.194. The average molecular weight is 178 g/mol. The topological polar surface area (TPSA) is 17.1 Å². The first-order valence-corrected chi connectivity index (χ1v) is 5.77. The lowest BCUT2D eigenvalue weighted by molar-refractivity contribution is -0.130. The summed E-state index contributed by atoms with van der Waals surface area (Å²) in [5.41, 5.74) is 0.194. The molecule has 0 amide bonds. The molecular weight excluding hydrogens is 160 g/mol. The second-order valence-corrected chi connectivity index (χ2v) is 5.31. The standard InChI is InChI=1S/C12H18O/c1-8(13)12(9-2-3-9,10-4-5-10)11-6-7-11/h9-11H,2-7H2,1H3. The minimum Gasteiger partial charge on any atom is -0.299 e. The predicted octanol–water partition coefficient (Wildman–Crippen LogP) is 2.79. The number of carbonyl (C=O) groups is 1. The van der Waals surface area contributed by atoms with E-state index in [0.717, 1.165) is 17.8 Å². The molecule has 0 N–H and O–H groups in total. The van der Waals surface area contributed by atoms with Gasteiger partial charge < -0.3 is 0 Å². The van der Waals surface area contributed by atoms with Crippen molar-refractivity contribution in [2.45, 2.75) is 45.4 Å². The van der Waals surface area contributed by atoms with Gasteiger partial charge in [0.25, 0.3) is 0 Å². The summed E-state index contributed by atoms with van der Waals surface area (Å²) in [4.78, 5) is 11.9. The molecule has 0 heterocycles. The van der Waals surface area contributed by atoms with Gasteiger partial charge in [-0.15, -0.1) is 0 Å². The van der Waals surface area contributed by atoms with Crippen LogP contribution in [-0.2, 0) is 4.79 Å². The van der Waals surface area contributed by atoms with E-state index in [9.17, 15) is 4.79 Å². The van der Waals surface area contributed by atoms with Crippen LogP contribution in [0.25, 0.3) is 0 Å². The van der Waals surface area contributed by atoms with Gasteiger partial charge in [-0.3, -0.25) is 4.79 Å². The molecule has 0 aliphatic heterocycles. The van der Waals surface area contributed by atoms with Crippen molar-refractivity contribution >= 4 is 5.78 Å². The van der Waals surface area contributed by atoms with Crippen LogP contribution >= 0.6 is 0 Å². The first-order valence-electron chi connectivity index (χ1n) is 5.77. The lowest BCUT2D eigenvalue weighted by atomic mass is 9.70. The van der Waals surface area contributed by atoms with Gasteiger partial charge in [-0.25, -0.2) is 0 Å². The Morgan fingerprint density at radius 3 is 1.38 bits per heavy atom. The molecule has 72 valence electrons. The van der Waals surface area contributed by atoms with Crippen LogP contribution in [0.1, 0.15) is 45.4 Å². The summed E-state index contributed by atoms with van der Waals surface area (Å²) >= 11 is 0. The van der Waals surface area contributed by atoms with Gasteiger partial charge in [0.15, 0.2) is 0 Å². The van der Waals surface area contributed by atoms with Gasteiger partial charge in [-0.05, 0) is 63.2 Å². The Labute approximate surface area is 79.9 Å². The smallest absolute Gasteiger partial charge is 0.136 e. The van der Waals surface area contributed by atoms with Crippen molar-refractivity contribution in [2.75, 3.05) is 0 Å². The molecule has 0 unspecified atom stereocenters. The summed E-state index contributed by atoms with van der Waals surface area (Å²) in [6.45, 7) is 1.86. The first-order chi connectivity index (χ1) is 6.26. The normalized spacial score (nSPS) is 29.0. The van der Waals surface area contributed by atoms with E-state index in [1.165, 1.54) is 38.5 Å². The predicted molar refractivity (Wildman–Crippen MR) is 51.3 cm³/mol. The largest absolute Gasteiger partial charge is 0.299 e. The quantitative estimate of drug-likeness (QED) is 0.647. The van der Waals surface area contributed by atoms with Crippen molar-refractivity contribution < 1.29 is 4.79 Å². The summed E-state index contributed by atoms with van der Waals surface area (Å²) in [6, 6.07) is 0. The van der Waals surface area contributed by atoms with Crippen LogP contribution in [0.5, 0.6) is 0 Å². The van der Waals surface area contributed by atoms with Crippen LogP contribution in [-0.4, -0.2) is 5.78 Å². The highest BCUT2D eigenvalue weighted by Gasteiger charge is 2.63. The molecular formula is C12H18O. The molecule has 1 heteroatoms. The maximum absolute atomic E-state index is 11.9. The highest BCUT2D eigenvalue weighted by Crippen LogP contribution is 2.67. The Kier molecular flexibility index (Phi) is 1.46. The summed E-state index contributed by atoms with van der Waals surface area (Å²) < 4.78 is 0. The van der Waals surface area contributed by atoms with E-state index >= 15 is 0 Å². The molecule has 0 bridgehead atoms. The van der Waals surface area contributed by atoms with Gasteiger partial charge in [-0.2, -0.15) is 0 Å². The van der Waals surface area contributed by atoms with E-state index in [2.05, 4.69) is 0 Å². The third kappa shape index (κ3) is 1.02. The second kappa shape index (κ2) is 2.37. The van der Waals surface area contributed by atoms with E-state index in [1.54, 1.807) is 0 Å². The number of ketones is 1. The van der Waals surface area contributed by atoms with Crippen molar-refractivity contribution in [2.24, 2.45) is 23.2 Å². The van der Waals surface area contributed by atoms with Crippen LogP contribution in [0.2, 0.25) is 0 Å². The average Bonchev–Trinajstić information content (AvgIpc) is 2.95. The lowest BCUT2D eigenvalue weighted by Gasteiger charge is -2.32. The van der Waals surface area contributed by atoms with Crippen molar-refractivity contribution in [3.05, 3.63) is 0 Å². The zero-order chi connectivity index (χ0) is 9.05. The van der Waals surface area contributed by atoms with Crippen LogP contribution in [0.15, 0.2) is 0 Å². The maximum Gasteiger partial charge on any atom is 0.136 e. The van der Waals surface area contributed by atoms with E-state index in [0.29, 0.717) is 5.78 Å². The zero-order valence-corrected chi connectivity index (χ0v) is 8.38. The molecule has 0 atom stereocenters. The van der Waals surface area contributed by atoms with Gasteiger partial charge in [-0.1, -0.05) is 0 Å². The highest BCUT2D eigenvalue weighted by atomic mass is 16.1. The number of rotatable bonds is 4. The van der Waals surface area contributed by atoms with E-state index in [4.69, 9.17) is 0 Å². The lowest BCUT2D eigenvalue weighted by Crippen LogP contribution is -2.36. The number of carbonyl (C=O) groups excluding carboxylic acids is 1. The van der Waals surface area contributed by atoms with Crippen LogP contribution < -0.4 is 0 Å². The molecule has 0 aromatic rings. The molecule has 0 spiro atoms. The van der Waals surface area contributed by atoms with E-state index < -0.39 is 0 Å². The fourth-order valence-corrected chi connectivity index (χ4v) is 3.55. The summed E-state index contributed by atoms with van der Waals surface area (Å²) in [7, 11) is 0. The molecule has 0 saturated heterocycles. The Balaban J connectivity index is 1.94. The van der Waals surface area contributed by atoms with Crippen molar-refractivity contribution in [3.63, 3.8) is 0 Å². The Hall–Kier alpha value is -0.330. The number of hydrogen-bond donors (Lipinski definition) is 0. The van der Waals surface area contributed by atoms with E-state index in [-0.39, 0.29) is 5.41 Å². The third-order valence-electron chi connectivity index (χ3n) is 4.37. The number of Topliss-reactive ketones (excluding diaryl/α,β-unsaturated/α-hetero) is 1. The molecule has 3 fully saturated rings. The molecule has 3 aliphatic carbocycles. The molecule has 3 rings (SSSR count). The fraction of sp³-hybridized carbons (Fsp3) is 0.917.